The molecule has 0 saturated heterocycles. The van der Waals surface area contributed by atoms with Crippen molar-refractivity contribution < 1.29 is 14.3 Å². The Hall–Kier alpha value is -3.26. The van der Waals surface area contributed by atoms with Crippen LogP contribution in [0.25, 0.3) is 0 Å². The van der Waals surface area contributed by atoms with Gasteiger partial charge in [0, 0.05) is 11.5 Å². The number of ether oxygens (including phenoxy) is 1. The van der Waals surface area contributed by atoms with Crippen molar-refractivity contribution >= 4 is 34.0 Å². The Morgan fingerprint density at radius 2 is 1.84 bits per heavy atom. The monoisotopic (exact) mass is 448 g/mol. The third-order valence-electron chi connectivity index (χ3n) is 5.98. The van der Waals surface area contributed by atoms with Crippen molar-refractivity contribution in [3.05, 3.63) is 64.7 Å². The number of fused-ring (bicyclic) bond motifs is 1. The third kappa shape index (κ3) is 4.36. The fourth-order valence-electron chi connectivity index (χ4n) is 4.24. The van der Waals surface area contributed by atoms with Gasteiger partial charge in [0.2, 0.25) is 5.13 Å². The number of nitrogens with one attached hydrogen (secondary N) is 1. The lowest BCUT2D eigenvalue weighted by Gasteiger charge is -2.29. The van der Waals surface area contributed by atoms with E-state index in [0.717, 1.165) is 29.1 Å². The summed E-state index contributed by atoms with van der Waals surface area (Å²) < 4.78 is 5.50. The molecular weight excluding hydrogens is 424 g/mol. The molecule has 2 amide bonds. The van der Waals surface area contributed by atoms with Crippen LogP contribution in [0.1, 0.15) is 59.0 Å². The molecule has 164 valence electrons. The van der Waals surface area contributed by atoms with E-state index in [9.17, 15) is 9.59 Å². The minimum atomic E-state index is -0.212. The Morgan fingerprint density at radius 1 is 1.06 bits per heavy atom. The summed E-state index contributed by atoms with van der Waals surface area (Å²) in [6.45, 7) is 0.449. The fraction of sp³-hybridized carbons (Fsp3) is 0.333. The smallest absolute Gasteiger partial charge is 0.265 e. The predicted molar refractivity (Wildman–Crippen MR) is 123 cm³/mol. The predicted octanol–water partition coefficient (Wildman–Crippen LogP) is 4.76. The molecule has 0 radical (unpaired) electrons. The first kappa shape index (κ1) is 20.6. The molecular formula is C24H24N4O3S. The van der Waals surface area contributed by atoms with Gasteiger partial charge in [-0.25, -0.2) is 0 Å². The highest BCUT2D eigenvalue weighted by Gasteiger charge is 2.25. The van der Waals surface area contributed by atoms with Gasteiger partial charge in [0.05, 0.1) is 12.2 Å². The highest BCUT2D eigenvalue weighted by atomic mass is 32.1. The van der Waals surface area contributed by atoms with E-state index in [1.165, 1.54) is 30.6 Å². The Bertz CT molecular complexity index is 1120. The van der Waals surface area contributed by atoms with Crippen LogP contribution in [0.3, 0.4) is 0 Å². The van der Waals surface area contributed by atoms with Gasteiger partial charge in [0.1, 0.15) is 10.8 Å². The van der Waals surface area contributed by atoms with Crippen molar-refractivity contribution in [3.63, 3.8) is 0 Å². The number of amides is 2. The van der Waals surface area contributed by atoms with Crippen LogP contribution >= 0.6 is 11.3 Å². The molecule has 2 aromatic carbocycles. The van der Waals surface area contributed by atoms with Crippen molar-refractivity contribution in [2.75, 3.05) is 16.8 Å². The summed E-state index contributed by atoms with van der Waals surface area (Å²) in [4.78, 5) is 26.8. The molecule has 8 heteroatoms. The average Bonchev–Trinajstić information content (AvgIpc) is 3.30. The molecule has 5 rings (SSSR count). The molecule has 7 nitrogen and oxygen atoms in total. The van der Waals surface area contributed by atoms with Crippen molar-refractivity contribution in [2.45, 2.75) is 44.6 Å². The molecule has 0 bridgehead atoms. The summed E-state index contributed by atoms with van der Waals surface area (Å²) in [5.41, 5.74) is 2.23. The molecule has 2 aliphatic rings. The van der Waals surface area contributed by atoms with Gasteiger partial charge in [-0.05, 0) is 42.7 Å². The SMILES string of the molecule is O=C(Nc1nnc(C2CCCCC2)s1)c1ccc(CN2C(=O)COc3ccccc32)cc1. The first-order chi connectivity index (χ1) is 15.7. The van der Waals surface area contributed by atoms with Gasteiger partial charge in [0.25, 0.3) is 11.8 Å². The molecule has 1 saturated carbocycles. The van der Waals surface area contributed by atoms with Crippen molar-refractivity contribution in [3.8, 4) is 5.75 Å². The van der Waals surface area contributed by atoms with Crippen LogP contribution in [0.4, 0.5) is 10.8 Å². The van der Waals surface area contributed by atoms with Crippen LogP contribution in [0.5, 0.6) is 5.75 Å². The molecule has 0 unspecified atom stereocenters. The number of aromatic nitrogens is 2. The fourth-order valence-corrected chi connectivity index (χ4v) is 5.15. The van der Waals surface area contributed by atoms with E-state index in [2.05, 4.69) is 15.5 Å². The average molecular weight is 449 g/mol. The van der Waals surface area contributed by atoms with Gasteiger partial charge >= 0.3 is 0 Å². The number of carbonyl (C=O) groups excluding carboxylic acids is 2. The van der Waals surface area contributed by atoms with E-state index in [4.69, 9.17) is 4.74 Å². The summed E-state index contributed by atoms with van der Waals surface area (Å²) >= 11 is 1.47. The molecule has 0 spiro atoms. The highest BCUT2D eigenvalue weighted by molar-refractivity contribution is 7.15. The molecule has 3 aromatic rings. The van der Waals surface area contributed by atoms with E-state index in [-0.39, 0.29) is 18.4 Å². The second-order valence-corrected chi connectivity index (χ2v) is 9.18. The third-order valence-corrected chi connectivity index (χ3v) is 6.98. The molecule has 0 atom stereocenters. The van der Waals surface area contributed by atoms with E-state index >= 15 is 0 Å². The highest BCUT2D eigenvalue weighted by Crippen LogP contribution is 2.35. The standard InChI is InChI=1S/C24H24N4O3S/c29-21-15-31-20-9-5-4-8-19(20)28(21)14-16-10-12-17(13-11-16)22(30)25-24-27-26-23(32-24)18-6-2-1-3-7-18/h4-5,8-13,18H,1-3,6-7,14-15H2,(H,25,27,30). The zero-order valence-corrected chi connectivity index (χ0v) is 18.4. The maximum absolute atomic E-state index is 12.7. The lowest BCUT2D eigenvalue weighted by Crippen LogP contribution is -2.38. The number of nitrogens with zero attached hydrogens (tertiary/aromatic N) is 3. The summed E-state index contributed by atoms with van der Waals surface area (Å²) in [6, 6.07) is 14.8. The molecule has 1 N–H and O–H groups in total. The van der Waals surface area contributed by atoms with Gasteiger partial charge in [-0.2, -0.15) is 0 Å². The zero-order chi connectivity index (χ0) is 21.9. The van der Waals surface area contributed by atoms with E-state index in [1.54, 1.807) is 17.0 Å². The number of hydrogen-bond donors (Lipinski definition) is 1. The van der Waals surface area contributed by atoms with Gasteiger partial charge < -0.3 is 9.64 Å². The largest absolute Gasteiger partial charge is 0.482 e. The van der Waals surface area contributed by atoms with E-state index < -0.39 is 0 Å². The second-order valence-electron chi connectivity index (χ2n) is 8.17. The minimum absolute atomic E-state index is 0.0300. The van der Waals surface area contributed by atoms with Crippen molar-refractivity contribution in [1.29, 1.82) is 0 Å². The number of benzene rings is 2. The lowest BCUT2D eigenvalue weighted by atomic mass is 9.90. The van der Waals surface area contributed by atoms with Crippen molar-refractivity contribution in [1.82, 2.24) is 10.2 Å². The normalized spacial score (nSPS) is 16.4. The maximum Gasteiger partial charge on any atom is 0.265 e. The summed E-state index contributed by atoms with van der Waals surface area (Å²) in [5, 5.41) is 12.9. The van der Waals surface area contributed by atoms with Gasteiger partial charge in [-0.3, -0.25) is 14.9 Å². The summed E-state index contributed by atoms with van der Waals surface area (Å²) in [6.07, 6.45) is 6.07. The van der Waals surface area contributed by atoms with Crippen LogP contribution in [0.15, 0.2) is 48.5 Å². The Kier molecular flexibility index (Phi) is 5.85. The summed E-state index contributed by atoms with van der Waals surface area (Å²) in [5.74, 6) is 0.873. The maximum atomic E-state index is 12.7. The lowest BCUT2D eigenvalue weighted by molar-refractivity contribution is -0.121. The Balaban J connectivity index is 1.24. The molecule has 1 fully saturated rings. The topological polar surface area (TPSA) is 84.4 Å². The van der Waals surface area contributed by atoms with Gasteiger partial charge in [-0.1, -0.05) is 54.9 Å². The van der Waals surface area contributed by atoms with E-state index in [0.29, 0.717) is 28.9 Å². The van der Waals surface area contributed by atoms with Crippen LogP contribution in [0, 0.1) is 0 Å². The first-order valence-electron chi connectivity index (χ1n) is 10.9. The van der Waals surface area contributed by atoms with Crippen LogP contribution in [0.2, 0.25) is 0 Å². The number of rotatable bonds is 5. The minimum Gasteiger partial charge on any atom is -0.482 e. The van der Waals surface area contributed by atoms with Gasteiger partial charge in [0.15, 0.2) is 6.61 Å². The molecule has 1 aliphatic heterocycles. The number of para-hydroxylation sites is 2. The number of carbonyl (C=O) groups is 2. The first-order valence-corrected chi connectivity index (χ1v) is 11.7. The van der Waals surface area contributed by atoms with Crippen LogP contribution < -0.4 is 15.0 Å². The van der Waals surface area contributed by atoms with E-state index in [1.807, 2.05) is 36.4 Å². The van der Waals surface area contributed by atoms with Crippen LogP contribution in [-0.2, 0) is 11.3 Å². The van der Waals surface area contributed by atoms with Crippen LogP contribution in [-0.4, -0.2) is 28.6 Å². The Morgan fingerprint density at radius 3 is 2.66 bits per heavy atom. The zero-order valence-electron chi connectivity index (χ0n) is 17.6. The summed E-state index contributed by atoms with van der Waals surface area (Å²) in [7, 11) is 0. The molecule has 32 heavy (non-hydrogen) atoms. The molecule has 2 heterocycles. The molecule has 1 aliphatic carbocycles. The number of hydrogen-bond acceptors (Lipinski definition) is 6. The Labute approximate surface area is 190 Å². The number of anilines is 2. The van der Waals surface area contributed by atoms with Crippen molar-refractivity contribution in [2.24, 2.45) is 0 Å². The molecule has 1 aromatic heterocycles. The second kappa shape index (κ2) is 9.08. The van der Waals surface area contributed by atoms with Gasteiger partial charge in [-0.15, -0.1) is 10.2 Å². The quantitative estimate of drug-likeness (QED) is 0.608.